The first kappa shape index (κ1) is 19.1. The highest BCUT2D eigenvalue weighted by Gasteiger charge is 2.41. The Hall–Kier alpha value is -3.28. The van der Waals surface area contributed by atoms with Crippen molar-refractivity contribution in [1.82, 2.24) is 5.06 Å². The first-order valence-electron chi connectivity index (χ1n) is 9.62. The Morgan fingerprint density at radius 3 is 1.76 bits per heavy atom. The molecule has 1 aliphatic heterocycles. The highest BCUT2D eigenvalue weighted by atomic mass is 16.7. The number of anilines is 1. The zero-order valence-electron chi connectivity index (χ0n) is 16.0. The zero-order valence-corrected chi connectivity index (χ0v) is 16.0. The van der Waals surface area contributed by atoms with Crippen molar-refractivity contribution in [3.05, 3.63) is 102 Å². The Morgan fingerprint density at radius 1 is 0.759 bits per heavy atom. The minimum Gasteiger partial charge on any atom is -0.284 e. The van der Waals surface area contributed by atoms with Crippen LogP contribution < -0.4 is 4.90 Å². The third-order valence-electron chi connectivity index (χ3n) is 4.80. The number of amides is 2. The first-order valence-corrected chi connectivity index (χ1v) is 9.62. The summed E-state index contributed by atoms with van der Waals surface area (Å²) >= 11 is 0. The van der Waals surface area contributed by atoms with Crippen molar-refractivity contribution in [3.8, 4) is 0 Å². The van der Waals surface area contributed by atoms with Crippen molar-refractivity contribution in [2.75, 3.05) is 4.90 Å². The molecular weight excluding hydrogens is 364 g/mol. The van der Waals surface area contributed by atoms with Crippen LogP contribution in [0.2, 0.25) is 0 Å². The van der Waals surface area contributed by atoms with E-state index in [2.05, 4.69) is 0 Å². The number of imide groups is 1. The van der Waals surface area contributed by atoms with E-state index in [1.165, 1.54) is 4.90 Å². The monoisotopic (exact) mass is 386 g/mol. The molecule has 1 heterocycles. The average Bonchev–Trinajstić information content (AvgIpc) is 3.03. The molecule has 5 heteroatoms. The fourth-order valence-corrected chi connectivity index (χ4v) is 3.42. The third-order valence-corrected chi connectivity index (χ3v) is 4.80. The van der Waals surface area contributed by atoms with E-state index in [9.17, 15) is 9.59 Å². The van der Waals surface area contributed by atoms with Gasteiger partial charge in [0.1, 0.15) is 0 Å². The second-order valence-electron chi connectivity index (χ2n) is 6.97. The normalized spacial score (nSPS) is 16.6. The standard InChI is InChI=1S/C24H22N2O3/c27-23-16-22(24(28)26(23)21-14-8-3-9-15-21)29-25(17-19-10-4-1-5-11-19)18-20-12-6-2-7-13-20/h1-15,22H,16-18H2. The Labute approximate surface area is 170 Å². The van der Waals surface area contributed by atoms with Gasteiger partial charge in [-0.1, -0.05) is 78.9 Å². The first-order chi connectivity index (χ1) is 14.2. The minimum absolute atomic E-state index is 0.0355. The minimum atomic E-state index is -0.824. The smallest absolute Gasteiger partial charge is 0.265 e. The summed E-state index contributed by atoms with van der Waals surface area (Å²) in [4.78, 5) is 32.7. The molecule has 1 atom stereocenters. The molecule has 1 saturated heterocycles. The van der Waals surface area contributed by atoms with Crippen LogP contribution in [0.3, 0.4) is 0 Å². The summed E-state index contributed by atoms with van der Waals surface area (Å²) in [7, 11) is 0. The van der Waals surface area contributed by atoms with E-state index in [1.807, 2.05) is 66.7 Å². The summed E-state index contributed by atoms with van der Waals surface area (Å²) in [5, 5.41) is 1.76. The molecule has 5 nitrogen and oxygen atoms in total. The van der Waals surface area contributed by atoms with Crippen LogP contribution in [0.1, 0.15) is 17.5 Å². The fourth-order valence-electron chi connectivity index (χ4n) is 3.42. The topological polar surface area (TPSA) is 49.9 Å². The number of para-hydroxylation sites is 1. The van der Waals surface area contributed by atoms with Gasteiger partial charge in [0.25, 0.3) is 5.91 Å². The maximum Gasteiger partial charge on any atom is 0.265 e. The number of hydroxylamine groups is 2. The van der Waals surface area contributed by atoms with Gasteiger partial charge in [0.15, 0.2) is 6.10 Å². The van der Waals surface area contributed by atoms with Gasteiger partial charge in [-0.15, -0.1) is 0 Å². The maximum absolute atomic E-state index is 12.9. The Morgan fingerprint density at radius 2 is 1.24 bits per heavy atom. The van der Waals surface area contributed by atoms with Gasteiger partial charge in [-0.05, 0) is 23.3 Å². The van der Waals surface area contributed by atoms with Gasteiger partial charge in [-0.2, -0.15) is 5.06 Å². The lowest BCUT2D eigenvalue weighted by Crippen LogP contribution is -2.36. The molecule has 4 rings (SSSR count). The molecule has 3 aromatic rings. The van der Waals surface area contributed by atoms with Crippen LogP contribution in [0.15, 0.2) is 91.0 Å². The second kappa shape index (κ2) is 8.82. The highest BCUT2D eigenvalue weighted by Crippen LogP contribution is 2.25. The Kier molecular flexibility index (Phi) is 5.79. The molecule has 0 spiro atoms. The van der Waals surface area contributed by atoms with Crippen molar-refractivity contribution in [2.45, 2.75) is 25.6 Å². The molecule has 146 valence electrons. The quantitative estimate of drug-likeness (QED) is 0.456. The Balaban J connectivity index is 1.52. The van der Waals surface area contributed by atoms with Gasteiger partial charge in [0.2, 0.25) is 5.91 Å². The molecule has 0 aromatic heterocycles. The summed E-state index contributed by atoms with van der Waals surface area (Å²) in [6.45, 7) is 1.03. The van der Waals surface area contributed by atoms with Crippen LogP contribution in [0.25, 0.3) is 0 Å². The summed E-state index contributed by atoms with van der Waals surface area (Å²) in [5.74, 6) is -0.571. The van der Waals surface area contributed by atoms with Crippen LogP contribution >= 0.6 is 0 Å². The van der Waals surface area contributed by atoms with Crippen LogP contribution in [0.5, 0.6) is 0 Å². The molecule has 1 unspecified atom stereocenters. The molecular formula is C24H22N2O3. The predicted octanol–water partition coefficient (Wildman–Crippen LogP) is 3.95. The Bertz CT molecular complexity index is 920. The number of carbonyl (C=O) groups is 2. The van der Waals surface area contributed by atoms with E-state index < -0.39 is 6.10 Å². The number of nitrogens with zero attached hydrogens (tertiary/aromatic N) is 2. The SMILES string of the molecule is O=C1CC(ON(Cc2ccccc2)Cc2ccccc2)C(=O)N1c1ccccc1. The lowest BCUT2D eigenvalue weighted by molar-refractivity contribution is -0.207. The molecule has 29 heavy (non-hydrogen) atoms. The number of carbonyl (C=O) groups excluding carboxylic acids is 2. The summed E-state index contributed by atoms with van der Waals surface area (Å²) < 4.78 is 0. The molecule has 1 aliphatic rings. The summed E-state index contributed by atoms with van der Waals surface area (Å²) in [5.41, 5.74) is 2.71. The largest absolute Gasteiger partial charge is 0.284 e. The number of rotatable bonds is 7. The fraction of sp³-hybridized carbons (Fsp3) is 0.167. The van der Waals surface area contributed by atoms with Crippen LogP contribution in [0.4, 0.5) is 5.69 Å². The highest BCUT2D eigenvalue weighted by molar-refractivity contribution is 6.22. The van der Waals surface area contributed by atoms with Crippen LogP contribution in [-0.2, 0) is 27.5 Å². The second-order valence-corrected chi connectivity index (χ2v) is 6.97. The number of hydrogen-bond acceptors (Lipinski definition) is 4. The molecule has 2 amide bonds. The third kappa shape index (κ3) is 4.59. The molecule has 0 aliphatic carbocycles. The average molecular weight is 386 g/mol. The van der Waals surface area contributed by atoms with Gasteiger partial charge in [-0.3, -0.25) is 14.4 Å². The van der Waals surface area contributed by atoms with Crippen molar-refractivity contribution in [2.24, 2.45) is 0 Å². The lowest BCUT2D eigenvalue weighted by Gasteiger charge is -2.25. The molecule has 0 bridgehead atoms. The lowest BCUT2D eigenvalue weighted by atomic mass is 10.2. The van der Waals surface area contributed by atoms with Gasteiger partial charge >= 0.3 is 0 Å². The predicted molar refractivity (Wildman–Crippen MR) is 111 cm³/mol. The maximum atomic E-state index is 12.9. The van der Waals surface area contributed by atoms with E-state index in [0.29, 0.717) is 18.8 Å². The summed E-state index contributed by atoms with van der Waals surface area (Å²) in [6.07, 6.45) is -0.788. The summed E-state index contributed by atoms with van der Waals surface area (Å²) in [6, 6.07) is 28.8. The van der Waals surface area contributed by atoms with E-state index in [4.69, 9.17) is 4.84 Å². The van der Waals surface area contributed by atoms with E-state index in [-0.39, 0.29) is 18.2 Å². The molecule has 0 saturated carbocycles. The van der Waals surface area contributed by atoms with Gasteiger partial charge in [0.05, 0.1) is 12.1 Å². The van der Waals surface area contributed by atoms with E-state index in [0.717, 1.165) is 11.1 Å². The van der Waals surface area contributed by atoms with Gasteiger partial charge in [-0.25, -0.2) is 4.90 Å². The van der Waals surface area contributed by atoms with Crippen LogP contribution in [0, 0.1) is 0 Å². The van der Waals surface area contributed by atoms with Crippen molar-refractivity contribution < 1.29 is 14.4 Å². The molecule has 1 fully saturated rings. The van der Waals surface area contributed by atoms with Gasteiger partial charge in [0, 0.05) is 13.1 Å². The van der Waals surface area contributed by atoms with Crippen molar-refractivity contribution in [1.29, 1.82) is 0 Å². The van der Waals surface area contributed by atoms with Gasteiger partial charge < -0.3 is 0 Å². The number of hydrogen-bond donors (Lipinski definition) is 0. The molecule has 0 radical (unpaired) electrons. The van der Waals surface area contributed by atoms with Crippen molar-refractivity contribution >= 4 is 17.5 Å². The zero-order chi connectivity index (χ0) is 20.1. The van der Waals surface area contributed by atoms with E-state index in [1.54, 1.807) is 29.3 Å². The van der Waals surface area contributed by atoms with Crippen molar-refractivity contribution in [3.63, 3.8) is 0 Å². The molecule has 3 aromatic carbocycles. The van der Waals surface area contributed by atoms with E-state index >= 15 is 0 Å². The van der Waals surface area contributed by atoms with Crippen LogP contribution in [-0.4, -0.2) is 23.0 Å². The molecule has 0 N–H and O–H groups in total. The number of benzene rings is 3.